The molecule has 2 aromatic carbocycles. The molecule has 0 aliphatic carbocycles. The number of Topliss-reactive ketones (excluding diaryl/α,β-unsaturated/α-hetero) is 2. The van der Waals surface area contributed by atoms with E-state index < -0.39 is 11.1 Å². The van der Waals surface area contributed by atoms with Gasteiger partial charge in [0.25, 0.3) is 11.1 Å². The molecule has 4 rings (SSSR count). The molecule has 1 fully saturated rings. The van der Waals surface area contributed by atoms with Crippen LogP contribution in [0.2, 0.25) is 0 Å². The molecule has 7 heteroatoms. The number of nitrogens with zero attached hydrogens (tertiary/aromatic N) is 1. The van der Waals surface area contributed by atoms with Crippen molar-refractivity contribution in [3.8, 4) is 11.3 Å². The number of hydrogen-bond donors (Lipinski definition) is 0. The molecule has 1 aliphatic heterocycles. The van der Waals surface area contributed by atoms with Crippen molar-refractivity contribution in [2.45, 2.75) is 6.92 Å². The maximum atomic E-state index is 12.7. The average Bonchev–Trinajstić information content (AvgIpc) is 3.35. The fraction of sp³-hybridized carbons (Fsp3) is 0.0833. The van der Waals surface area contributed by atoms with Gasteiger partial charge in [0, 0.05) is 22.8 Å². The normalized spacial score (nSPS) is 15.0. The molecule has 0 saturated carbocycles. The monoisotopic (exact) mass is 431 g/mol. The Hall–Kier alpha value is -3.71. The number of benzene rings is 2. The van der Waals surface area contributed by atoms with E-state index in [9.17, 15) is 19.2 Å². The third-order valence-corrected chi connectivity index (χ3v) is 5.65. The number of furan rings is 1. The highest BCUT2D eigenvalue weighted by Crippen LogP contribution is 2.33. The zero-order valence-electron chi connectivity index (χ0n) is 16.5. The van der Waals surface area contributed by atoms with E-state index >= 15 is 0 Å². The summed E-state index contributed by atoms with van der Waals surface area (Å²) in [7, 11) is 0. The predicted octanol–water partition coefficient (Wildman–Crippen LogP) is 5.07. The summed E-state index contributed by atoms with van der Waals surface area (Å²) in [5.41, 5.74) is 1.83. The Morgan fingerprint density at radius 1 is 0.935 bits per heavy atom. The molecule has 0 bridgehead atoms. The second-order valence-corrected chi connectivity index (χ2v) is 7.89. The third kappa shape index (κ3) is 4.41. The van der Waals surface area contributed by atoms with Crippen LogP contribution < -0.4 is 0 Å². The van der Waals surface area contributed by atoms with E-state index in [1.807, 2.05) is 0 Å². The van der Waals surface area contributed by atoms with Crippen LogP contribution in [-0.4, -0.2) is 34.2 Å². The van der Waals surface area contributed by atoms with Crippen LogP contribution in [0.25, 0.3) is 17.4 Å². The van der Waals surface area contributed by atoms with Crippen LogP contribution in [0.1, 0.15) is 33.4 Å². The van der Waals surface area contributed by atoms with E-state index in [4.69, 9.17) is 4.42 Å². The molecule has 0 spiro atoms. The van der Waals surface area contributed by atoms with Crippen LogP contribution in [0.5, 0.6) is 0 Å². The van der Waals surface area contributed by atoms with Gasteiger partial charge in [-0.05, 0) is 30.8 Å². The maximum absolute atomic E-state index is 12.7. The number of ketones is 2. The number of imide groups is 1. The summed E-state index contributed by atoms with van der Waals surface area (Å²) in [5.74, 6) is 0.125. The number of amides is 2. The second-order valence-electron chi connectivity index (χ2n) is 6.89. The molecule has 3 aromatic rings. The standard InChI is InChI=1S/C24H17NO5S/c1-15(26)16-7-9-18(10-8-16)21-12-11-19(30-21)13-22-23(28)25(24(29)31-22)14-20(27)17-5-3-2-4-6-17/h2-13H,14H2,1H3/b22-13+. The molecule has 0 atom stereocenters. The summed E-state index contributed by atoms with van der Waals surface area (Å²) < 4.78 is 5.78. The van der Waals surface area contributed by atoms with E-state index in [0.29, 0.717) is 22.6 Å². The minimum Gasteiger partial charge on any atom is -0.457 e. The predicted molar refractivity (Wildman–Crippen MR) is 118 cm³/mol. The van der Waals surface area contributed by atoms with E-state index in [1.54, 1.807) is 66.7 Å². The lowest BCUT2D eigenvalue weighted by molar-refractivity contribution is -0.122. The van der Waals surface area contributed by atoms with Gasteiger partial charge < -0.3 is 4.42 Å². The molecule has 1 aliphatic rings. The van der Waals surface area contributed by atoms with Crippen molar-refractivity contribution in [1.82, 2.24) is 4.90 Å². The lowest BCUT2D eigenvalue weighted by Crippen LogP contribution is -2.33. The second kappa shape index (κ2) is 8.57. The molecule has 0 unspecified atom stereocenters. The molecule has 0 radical (unpaired) electrons. The Balaban J connectivity index is 1.49. The fourth-order valence-electron chi connectivity index (χ4n) is 3.08. The Morgan fingerprint density at radius 2 is 1.65 bits per heavy atom. The molecular weight excluding hydrogens is 414 g/mol. The first-order chi connectivity index (χ1) is 14.9. The van der Waals surface area contributed by atoms with Crippen molar-refractivity contribution in [2.75, 3.05) is 6.54 Å². The lowest BCUT2D eigenvalue weighted by atomic mass is 10.1. The van der Waals surface area contributed by atoms with Gasteiger partial charge in [-0.15, -0.1) is 0 Å². The van der Waals surface area contributed by atoms with Crippen LogP contribution >= 0.6 is 11.8 Å². The van der Waals surface area contributed by atoms with Gasteiger partial charge in [0.05, 0.1) is 11.4 Å². The molecule has 31 heavy (non-hydrogen) atoms. The van der Waals surface area contributed by atoms with Gasteiger partial charge in [-0.2, -0.15) is 0 Å². The minimum atomic E-state index is -0.525. The number of carbonyl (C=O) groups excluding carboxylic acids is 4. The molecule has 2 amide bonds. The van der Waals surface area contributed by atoms with E-state index in [-0.39, 0.29) is 23.0 Å². The summed E-state index contributed by atoms with van der Waals surface area (Å²) in [6, 6.07) is 19.0. The zero-order valence-corrected chi connectivity index (χ0v) is 17.3. The Morgan fingerprint density at radius 3 is 2.32 bits per heavy atom. The molecule has 6 nitrogen and oxygen atoms in total. The third-order valence-electron chi connectivity index (χ3n) is 4.75. The summed E-state index contributed by atoms with van der Waals surface area (Å²) in [6.07, 6.45) is 1.49. The zero-order chi connectivity index (χ0) is 22.0. The van der Waals surface area contributed by atoms with Crippen LogP contribution in [0, 0.1) is 0 Å². The maximum Gasteiger partial charge on any atom is 0.293 e. The van der Waals surface area contributed by atoms with Gasteiger partial charge in [-0.1, -0.05) is 54.6 Å². The molecule has 2 heterocycles. The van der Waals surface area contributed by atoms with Crippen molar-refractivity contribution in [2.24, 2.45) is 0 Å². The van der Waals surface area contributed by atoms with E-state index in [1.165, 1.54) is 13.0 Å². The first kappa shape index (κ1) is 20.6. The van der Waals surface area contributed by atoms with E-state index in [0.717, 1.165) is 22.2 Å². The summed E-state index contributed by atoms with van der Waals surface area (Å²) in [4.78, 5) is 49.8. The Bertz CT molecular complexity index is 1210. The molecular formula is C24H17NO5S. The first-order valence-corrected chi connectivity index (χ1v) is 10.3. The highest BCUT2D eigenvalue weighted by atomic mass is 32.2. The average molecular weight is 431 g/mol. The fourth-order valence-corrected chi connectivity index (χ4v) is 3.90. The highest BCUT2D eigenvalue weighted by Gasteiger charge is 2.36. The summed E-state index contributed by atoms with van der Waals surface area (Å²) in [6.45, 7) is 1.19. The van der Waals surface area contributed by atoms with Gasteiger partial charge in [-0.3, -0.25) is 24.1 Å². The van der Waals surface area contributed by atoms with Gasteiger partial charge in [0.2, 0.25) is 0 Å². The Labute approximate surface area is 182 Å². The first-order valence-electron chi connectivity index (χ1n) is 9.47. The topological polar surface area (TPSA) is 84.7 Å². The van der Waals surface area contributed by atoms with Crippen molar-refractivity contribution in [3.05, 3.63) is 88.5 Å². The van der Waals surface area contributed by atoms with Crippen molar-refractivity contribution < 1.29 is 23.6 Å². The van der Waals surface area contributed by atoms with Crippen LogP contribution in [-0.2, 0) is 4.79 Å². The number of hydrogen-bond acceptors (Lipinski definition) is 6. The van der Waals surface area contributed by atoms with Gasteiger partial charge in [-0.25, -0.2) is 0 Å². The molecule has 1 saturated heterocycles. The van der Waals surface area contributed by atoms with Crippen LogP contribution in [0.4, 0.5) is 4.79 Å². The number of rotatable bonds is 6. The van der Waals surface area contributed by atoms with Crippen molar-refractivity contribution in [3.63, 3.8) is 0 Å². The van der Waals surface area contributed by atoms with Crippen LogP contribution in [0.15, 0.2) is 76.1 Å². The summed E-state index contributed by atoms with van der Waals surface area (Å²) in [5, 5.41) is -0.493. The lowest BCUT2D eigenvalue weighted by Gasteiger charge is -2.11. The van der Waals surface area contributed by atoms with Crippen molar-refractivity contribution >= 4 is 40.6 Å². The van der Waals surface area contributed by atoms with Crippen molar-refractivity contribution in [1.29, 1.82) is 0 Å². The Kier molecular flexibility index (Phi) is 5.68. The highest BCUT2D eigenvalue weighted by molar-refractivity contribution is 8.18. The number of thioether (sulfide) groups is 1. The smallest absolute Gasteiger partial charge is 0.293 e. The largest absolute Gasteiger partial charge is 0.457 e. The molecule has 0 N–H and O–H groups in total. The van der Waals surface area contributed by atoms with Gasteiger partial charge >= 0.3 is 0 Å². The summed E-state index contributed by atoms with van der Waals surface area (Å²) >= 11 is 0.773. The molecule has 154 valence electrons. The SMILES string of the molecule is CC(=O)c1ccc(-c2ccc(/C=C3/SC(=O)N(CC(=O)c4ccccc4)C3=O)o2)cc1. The molecule has 1 aromatic heterocycles. The van der Waals surface area contributed by atoms with Crippen LogP contribution in [0.3, 0.4) is 0 Å². The van der Waals surface area contributed by atoms with E-state index in [2.05, 4.69) is 0 Å². The number of carbonyl (C=O) groups is 4. The van der Waals surface area contributed by atoms with Gasteiger partial charge in [0.15, 0.2) is 11.6 Å². The minimum absolute atomic E-state index is 0.0202. The quantitative estimate of drug-likeness (QED) is 0.400. The van der Waals surface area contributed by atoms with Gasteiger partial charge in [0.1, 0.15) is 11.5 Å².